The molecule has 0 fully saturated rings. The van der Waals surface area contributed by atoms with Crippen molar-refractivity contribution in [3.8, 4) is 5.75 Å². The number of carbonyl (C=O) groups is 1. The highest BCUT2D eigenvalue weighted by molar-refractivity contribution is 6.02. The Hall–Kier alpha value is -2.95. The highest BCUT2D eigenvalue weighted by atomic mass is 16.5. The number of amides is 1. The van der Waals surface area contributed by atoms with E-state index >= 15 is 0 Å². The maximum atomic E-state index is 11.9. The lowest BCUT2D eigenvalue weighted by Crippen LogP contribution is -2.05. The Labute approximate surface area is 122 Å². The quantitative estimate of drug-likeness (QED) is 0.642. The molecule has 0 N–H and O–H groups in total. The number of hydrogen-bond donors (Lipinski definition) is 0. The van der Waals surface area contributed by atoms with Gasteiger partial charge in [-0.25, -0.2) is 0 Å². The van der Waals surface area contributed by atoms with E-state index in [0.717, 1.165) is 0 Å². The van der Waals surface area contributed by atoms with Crippen LogP contribution in [0.3, 0.4) is 0 Å². The Morgan fingerprint density at radius 1 is 1.00 bits per heavy atom. The molecule has 5 heteroatoms. The fourth-order valence-corrected chi connectivity index (χ4v) is 1.49. The smallest absolute Gasteiger partial charge is 0.322 e. The van der Waals surface area contributed by atoms with E-state index < -0.39 is 5.91 Å². The van der Waals surface area contributed by atoms with Crippen molar-refractivity contribution >= 4 is 18.3 Å². The molecule has 0 atom stereocenters. The highest BCUT2D eigenvalue weighted by Crippen LogP contribution is 2.07. The van der Waals surface area contributed by atoms with Crippen LogP contribution in [0, 0.1) is 0 Å². The van der Waals surface area contributed by atoms with Gasteiger partial charge in [0.2, 0.25) is 0 Å². The fourth-order valence-electron chi connectivity index (χ4n) is 1.49. The predicted octanol–water partition coefficient (Wildman–Crippen LogP) is 2.94. The lowest BCUT2D eigenvalue weighted by atomic mass is 10.2. The molecule has 1 amide bonds. The molecule has 106 valence electrons. The first kappa shape index (κ1) is 14.5. The van der Waals surface area contributed by atoms with E-state index in [2.05, 4.69) is 9.98 Å². The topological polar surface area (TPSA) is 60.2 Å². The Morgan fingerprint density at radius 3 is 2.24 bits per heavy atom. The average Bonchev–Trinajstić information content (AvgIpc) is 2.55. The molecule has 0 spiro atoms. The van der Waals surface area contributed by atoms with Crippen LogP contribution in [0.15, 0.2) is 70.6 Å². The summed E-state index contributed by atoms with van der Waals surface area (Å²) in [6.45, 7) is 0. The van der Waals surface area contributed by atoms with Crippen molar-refractivity contribution in [1.29, 1.82) is 0 Å². The number of methoxy groups -OCH3 is 1. The number of ether oxygens (including phenoxy) is 2. The van der Waals surface area contributed by atoms with Gasteiger partial charge < -0.3 is 9.47 Å². The summed E-state index contributed by atoms with van der Waals surface area (Å²) >= 11 is 0. The van der Waals surface area contributed by atoms with Crippen LogP contribution in [0.2, 0.25) is 0 Å². The lowest BCUT2D eigenvalue weighted by Gasteiger charge is -2.00. The second kappa shape index (κ2) is 7.59. The van der Waals surface area contributed by atoms with Crippen molar-refractivity contribution in [1.82, 2.24) is 0 Å². The van der Waals surface area contributed by atoms with Crippen molar-refractivity contribution in [3.05, 3.63) is 66.2 Å². The summed E-state index contributed by atoms with van der Waals surface area (Å²) in [6, 6.07) is 17.7. The molecule has 0 saturated heterocycles. The second-order valence-corrected chi connectivity index (χ2v) is 3.94. The Bertz CT molecular complexity index is 637. The van der Waals surface area contributed by atoms with Crippen molar-refractivity contribution in [2.75, 3.05) is 7.11 Å². The minimum Gasteiger partial charge on any atom is -0.467 e. The van der Waals surface area contributed by atoms with E-state index in [1.54, 1.807) is 36.4 Å². The molecule has 0 unspecified atom stereocenters. The molecule has 0 aliphatic carbocycles. The molecule has 2 rings (SSSR count). The molecule has 21 heavy (non-hydrogen) atoms. The van der Waals surface area contributed by atoms with Gasteiger partial charge in [0.1, 0.15) is 5.75 Å². The zero-order valence-corrected chi connectivity index (χ0v) is 11.5. The zero-order chi connectivity index (χ0) is 14.9. The van der Waals surface area contributed by atoms with Crippen LogP contribution in [-0.4, -0.2) is 25.4 Å². The van der Waals surface area contributed by atoms with Gasteiger partial charge in [0.25, 0.3) is 5.91 Å². The number of hydrogen-bond acceptors (Lipinski definition) is 3. The molecular weight excluding hydrogens is 268 g/mol. The van der Waals surface area contributed by atoms with E-state index in [1.165, 1.54) is 13.5 Å². The van der Waals surface area contributed by atoms with Gasteiger partial charge in [0.05, 0.1) is 7.11 Å². The fraction of sp³-hybridized carbons (Fsp3) is 0.0625. The van der Waals surface area contributed by atoms with Crippen LogP contribution in [0.4, 0.5) is 0 Å². The monoisotopic (exact) mass is 282 g/mol. The summed E-state index contributed by atoms with van der Waals surface area (Å²) < 4.78 is 10.2. The van der Waals surface area contributed by atoms with Crippen LogP contribution in [0.5, 0.6) is 5.75 Å². The summed E-state index contributed by atoms with van der Waals surface area (Å²) in [6.07, 6.45) is 1.18. The average molecular weight is 282 g/mol. The Morgan fingerprint density at radius 2 is 1.62 bits per heavy atom. The second-order valence-electron chi connectivity index (χ2n) is 3.94. The van der Waals surface area contributed by atoms with Gasteiger partial charge in [0.15, 0.2) is 6.40 Å². The van der Waals surface area contributed by atoms with Crippen LogP contribution < -0.4 is 4.74 Å². The van der Waals surface area contributed by atoms with Gasteiger partial charge >= 0.3 is 6.02 Å². The predicted molar refractivity (Wildman–Crippen MR) is 80.8 cm³/mol. The van der Waals surface area contributed by atoms with Gasteiger partial charge in [-0.05, 0) is 24.3 Å². The summed E-state index contributed by atoms with van der Waals surface area (Å²) in [5.74, 6) is 0.204. The minimum absolute atomic E-state index is 0.0696. The number of para-hydroxylation sites is 1. The maximum Gasteiger partial charge on any atom is 0.322 e. The maximum absolute atomic E-state index is 11.9. The van der Waals surface area contributed by atoms with Gasteiger partial charge in [-0.15, -0.1) is 0 Å². The highest BCUT2D eigenvalue weighted by Gasteiger charge is 2.05. The van der Waals surface area contributed by atoms with E-state index in [4.69, 9.17) is 9.47 Å². The first-order valence-electron chi connectivity index (χ1n) is 6.26. The first-order valence-corrected chi connectivity index (χ1v) is 6.26. The Kier molecular flexibility index (Phi) is 5.23. The summed E-state index contributed by atoms with van der Waals surface area (Å²) in [5, 5.41) is 0. The number of aliphatic imine (C=N–C) groups is 2. The van der Waals surface area contributed by atoms with E-state index in [9.17, 15) is 4.79 Å². The van der Waals surface area contributed by atoms with E-state index in [0.29, 0.717) is 11.3 Å². The molecule has 0 heterocycles. The third-order valence-electron chi connectivity index (χ3n) is 2.50. The lowest BCUT2D eigenvalue weighted by molar-refractivity contribution is 0.1000. The third kappa shape index (κ3) is 4.58. The number of rotatable bonds is 3. The molecule has 2 aromatic carbocycles. The summed E-state index contributed by atoms with van der Waals surface area (Å²) in [4.78, 5) is 19.5. The van der Waals surface area contributed by atoms with Gasteiger partial charge in [-0.3, -0.25) is 4.79 Å². The molecule has 0 radical (unpaired) electrons. The van der Waals surface area contributed by atoms with E-state index in [1.807, 2.05) is 24.3 Å². The normalized spacial score (nSPS) is 11.4. The number of nitrogens with zero attached hydrogens (tertiary/aromatic N) is 2. The molecule has 0 aromatic heterocycles. The Balaban J connectivity index is 2.02. The zero-order valence-electron chi connectivity index (χ0n) is 11.5. The van der Waals surface area contributed by atoms with Crippen LogP contribution >= 0.6 is 0 Å². The van der Waals surface area contributed by atoms with Crippen LogP contribution in [-0.2, 0) is 4.74 Å². The molecule has 0 aliphatic rings. The molecule has 0 saturated carbocycles. The van der Waals surface area contributed by atoms with Crippen LogP contribution in [0.25, 0.3) is 0 Å². The largest absolute Gasteiger partial charge is 0.467 e. The van der Waals surface area contributed by atoms with Crippen molar-refractivity contribution in [2.45, 2.75) is 0 Å². The molecule has 5 nitrogen and oxygen atoms in total. The number of amidine groups is 1. The molecular formula is C16H14N2O3. The number of benzene rings is 2. The summed E-state index contributed by atoms with van der Waals surface area (Å²) in [5.41, 5.74) is 0.464. The van der Waals surface area contributed by atoms with Gasteiger partial charge in [0, 0.05) is 5.56 Å². The summed E-state index contributed by atoms with van der Waals surface area (Å²) in [7, 11) is 1.39. The van der Waals surface area contributed by atoms with Gasteiger partial charge in [-0.1, -0.05) is 36.4 Å². The molecule has 0 aliphatic heterocycles. The van der Waals surface area contributed by atoms with Crippen molar-refractivity contribution in [2.24, 2.45) is 9.98 Å². The van der Waals surface area contributed by atoms with Crippen molar-refractivity contribution < 1.29 is 14.3 Å². The van der Waals surface area contributed by atoms with Crippen LogP contribution in [0.1, 0.15) is 10.4 Å². The molecule has 2 aromatic rings. The third-order valence-corrected chi connectivity index (χ3v) is 2.50. The number of carbonyl (C=O) groups excluding carboxylic acids is 1. The SMILES string of the molecule is COC(=NC(=O)c1ccccc1)/N=C/Oc1ccccc1. The standard InChI is InChI=1S/C16H14N2O3/c1-20-16(17-12-21-14-10-6-3-7-11-14)18-15(19)13-8-4-2-5-9-13/h2-12H,1H3/b17-12+,18-16?. The minimum atomic E-state index is -0.427. The first-order chi connectivity index (χ1) is 10.3. The van der Waals surface area contributed by atoms with Crippen molar-refractivity contribution in [3.63, 3.8) is 0 Å². The molecule has 0 bridgehead atoms. The van der Waals surface area contributed by atoms with Gasteiger partial charge in [-0.2, -0.15) is 9.98 Å². The van der Waals surface area contributed by atoms with E-state index in [-0.39, 0.29) is 6.02 Å².